The Morgan fingerprint density at radius 1 is 1.16 bits per heavy atom. The molecule has 1 aliphatic carbocycles. The Bertz CT molecular complexity index is 1060. The maximum Gasteiger partial charge on any atom is 0.306 e. The van der Waals surface area contributed by atoms with E-state index in [1.54, 1.807) is 0 Å². The van der Waals surface area contributed by atoms with E-state index in [-0.39, 0.29) is 11.8 Å². The predicted molar refractivity (Wildman–Crippen MR) is 136 cm³/mol. The highest BCUT2D eigenvalue weighted by molar-refractivity contribution is 5.83. The van der Waals surface area contributed by atoms with Crippen LogP contribution in [0, 0.1) is 11.8 Å². The number of ether oxygens (including phenoxy) is 2. The van der Waals surface area contributed by atoms with E-state index >= 15 is 0 Å². The van der Waals surface area contributed by atoms with Gasteiger partial charge in [0.2, 0.25) is 5.95 Å². The van der Waals surface area contributed by atoms with E-state index in [1.807, 2.05) is 20.8 Å². The summed E-state index contributed by atoms with van der Waals surface area (Å²) in [5.74, 6) is 1.60. The molecule has 0 amide bonds. The number of rotatable bonds is 9. The number of anilines is 2. The first-order valence-corrected chi connectivity index (χ1v) is 13.1. The van der Waals surface area contributed by atoms with E-state index in [1.165, 1.54) is 10.9 Å². The SMILES string of the molecule is CC(C)(C)OC(=O)CCC1CCC(CCNc2nc(N)c3ncn([C@@H]4O[C@H](CO)C(O)C4O)c3n2)CC1. The number of carbonyl (C=O) groups excluding carboxylic acids is 1. The van der Waals surface area contributed by atoms with Gasteiger partial charge in [-0.2, -0.15) is 9.97 Å². The zero-order valence-corrected chi connectivity index (χ0v) is 21.8. The lowest BCUT2D eigenvalue weighted by Gasteiger charge is -2.28. The van der Waals surface area contributed by atoms with Crippen LogP contribution in [0.25, 0.3) is 11.2 Å². The van der Waals surface area contributed by atoms with Crippen LogP contribution < -0.4 is 11.1 Å². The second-order valence-electron chi connectivity index (χ2n) is 11.2. The van der Waals surface area contributed by atoms with Crippen molar-refractivity contribution in [3.05, 3.63) is 6.33 Å². The van der Waals surface area contributed by atoms with Crippen molar-refractivity contribution in [3.63, 3.8) is 0 Å². The monoisotopic (exact) mass is 520 g/mol. The Morgan fingerprint density at radius 3 is 2.46 bits per heavy atom. The van der Waals surface area contributed by atoms with Crippen molar-refractivity contribution in [2.45, 2.75) is 95.9 Å². The van der Waals surface area contributed by atoms with Crippen LogP contribution in [0.4, 0.5) is 11.8 Å². The molecule has 2 aromatic rings. The van der Waals surface area contributed by atoms with Gasteiger partial charge in [-0.05, 0) is 45.4 Å². The van der Waals surface area contributed by atoms with Gasteiger partial charge in [-0.1, -0.05) is 25.7 Å². The minimum Gasteiger partial charge on any atom is -0.460 e. The number of nitrogens with one attached hydrogen (secondary N) is 1. The molecule has 37 heavy (non-hydrogen) atoms. The van der Waals surface area contributed by atoms with Gasteiger partial charge in [-0.15, -0.1) is 0 Å². The van der Waals surface area contributed by atoms with Crippen LogP contribution in [-0.4, -0.2) is 77.9 Å². The van der Waals surface area contributed by atoms with Gasteiger partial charge in [0.1, 0.15) is 29.4 Å². The number of nitrogens with zero attached hydrogens (tertiary/aromatic N) is 4. The summed E-state index contributed by atoms with van der Waals surface area (Å²) in [5, 5.41) is 33.1. The number of nitrogens with two attached hydrogens (primary N) is 1. The summed E-state index contributed by atoms with van der Waals surface area (Å²) in [4.78, 5) is 25.1. The first-order chi connectivity index (χ1) is 17.6. The fourth-order valence-electron chi connectivity index (χ4n) is 5.22. The fraction of sp³-hybridized carbons (Fsp3) is 0.760. The minimum atomic E-state index is -1.25. The number of aliphatic hydroxyl groups is 3. The number of hydrogen-bond acceptors (Lipinski definition) is 11. The number of imidazole rings is 1. The maximum atomic E-state index is 12.0. The molecule has 1 saturated heterocycles. The van der Waals surface area contributed by atoms with Gasteiger partial charge in [0, 0.05) is 13.0 Å². The van der Waals surface area contributed by atoms with Gasteiger partial charge in [-0.3, -0.25) is 9.36 Å². The third-order valence-corrected chi connectivity index (χ3v) is 7.22. The van der Waals surface area contributed by atoms with E-state index in [9.17, 15) is 20.1 Å². The number of esters is 1. The minimum absolute atomic E-state index is 0.116. The molecule has 0 aromatic carbocycles. The van der Waals surface area contributed by atoms with Crippen LogP contribution in [0.3, 0.4) is 0 Å². The van der Waals surface area contributed by atoms with Gasteiger partial charge >= 0.3 is 5.97 Å². The molecule has 4 atom stereocenters. The Balaban J connectivity index is 1.27. The van der Waals surface area contributed by atoms with E-state index in [0.29, 0.717) is 41.9 Å². The smallest absolute Gasteiger partial charge is 0.306 e. The standard InChI is InChI=1S/C25H40N6O6/c1-25(2,3)37-17(33)9-8-14-4-6-15(7-5-14)10-11-27-24-29-21(26)18-22(30-24)31(13-28-18)23-20(35)19(34)16(12-32)36-23/h13-16,19-20,23,32,34-35H,4-12H2,1-3H3,(H3,26,27,29,30)/t14?,15?,16-,19?,20?,23-/m1/s1. The topological polar surface area (TPSA) is 178 Å². The highest BCUT2D eigenvalue weighted by Gasteiger charge is 2.44. The quantitative estimate of drug-likeness (QED) is 0.304. The lowest BCUT2D eigenvalue weighted by molar-refractivity contribution is -0.155. The maximum absolute atomic E-state index is 12.0. The first kappa shape index (κ1) is 27.5. The number of aromatic nitrogens is 4. The molecule has 0 radical (unpaired) electrons. The van der Waals surface area contributed by atoms with Crippen molar-refractivity contribution in [3.8, 4) is 0 Å². The van der Waals surface area contributed by atoms with Gasteiger partial charge in [0.15, 0.2) is 17.7 Å². The van der Waals surface area contributed by atoms with Gasteiger partial charge < -0.3 is 35.8 Å². The zero-order chi connectivity index (χ0) is 26.7. The van der Waals surface area contributed by atoms with E-state index in [2.05, 4.69) is 20.3 Å². The molecule has 6 N–H and O–H groups in total. The van der Waals surface area contributed by atoms with E-state index in [0.717, 1.165) is 38.5 Å². The largest absolute Gasteiger partial charge is 0.460 e. The van der Waals surface area contributed by atoms with Gasteiger partial charge in [0.05, 0.1) is 12.9 Å². The summed E-state index contributed by atoms with van der Waals surface area (Å²) < 4.78 is 12.5. The highest BCUT2D eigenvalue weighted by Crippen LogP contribution is 2.34. The molecule has 0 spiro atoms. The van der Waals surface area contributed by atoms with Gasteiger partial charge in [-0.25, -0.2) is 4.98 Å². The van der Waals surface area contributed by atoms with Crippen molar-refractivity contribution in [1.82, 2.24) is 19.5 Å². The van der Waals surface area contributed by atoms with Crippen molar-refractivity contribution < 1.29 is 29.6 Å². The number of carbonyl (C=O) groups is 1. The Labute approximate surface area is 216 Å². The number of fused-ring (bicyclic) bond motifs is 1. The summed E-state index contributed by atoms with van der Waals surface area (Å²) in [6, 6.07) is 0. The summed E-state index contributed by atoms with van der Waals surface area (Å²) in [7, 11) is 0. The summed E-state index contributed by atoms with van der Waals surface area (Å²) in [6.07, 6.45) is 3.92. The highest BCUT2D eigenvalue weighted by atomic mass is 16.6. The van der Waals surface area contributed by atoms with Crippen LogP contribution in [0.15, 0.2) is 6.33 Å². The molecule has 4 rings (SSSR count). The van der Waals surface area contributed by atoms with Crippen molar-refractivity contribution >= 4 is 28.9 Å². The Morgan fingerprint density at radius 2 is 1.84 bits per heavy atom. The summed E-state index contributed by atoms with van der Waals surface area (Å²) >= 11 is 0. The molecule has 2 aromatic heterocycles. The molecule has 3 heterocycles. The summed E-state index contributed by atoms with van der Waals surface area (Å²) in [6.45, 7) is 5.94. The molecule has 12 heteroatoms. The van der Waals surface area contributed by atoms with Crippen LogP contribution in [-0.2, 0) is 14.3 Å². The second-order valence-corrected chi connectivity index (χ2v) is 11.2. The predicted octanol–water partition coefficient (Wildman–Crippen LogP) is 1.75. The molecule has 2 fully saturated rings. The number of nitrogen functional groups attached to an aromatic ring is 1. The van der Waals surface area contributed by atoms with Crippen LogP contribution >= 0.6 is 0 Å². The average molecular weight is 521 g/mol. The lowest BCUT2D eigenvalue weighted by Crippen LogP contribution is -2.33. The molecule has 1 aliphatic heterocycles. The second kappa shape index (κ2) is 11.5. The normalized spacial score (nSPS) is 28.5. The lowest BCUT2D eigenvalue weighted by atomic mass is 9.79. The fourth-order valence-corrected chi connectivity index (χ4v) is 5.22. The van der Waals surface area contributed by atoms with Crippen molar-refractivity contribution in [2.75, 3.05) is 24.2 Å². The molecular formula is C25H40N6O6. The third kappa shape index (κ3) is 6.67. The average Bonchev–Trinajstić information content (AvgIpc) is 3.38. The number of aliphatic hydroxyl groups excluding tert-OH is 3. The molecule has 12 nitrogen and oxygen atoms in total. The molecule has 2 aliphatic rings. The van der Waals surface area contributed by atoms with Crippen molar-refractivity contribution in [2.24, 2.45) is 11.8 Å². The molecule has 2 unspecified atom stereocenters. The van der Waals surface area contributed by atoms with E-state index in [4.69, 9.17) is 15.2 Å². The Hall–Kier alpha value is -2.54. The molecule has 1 saturated carbocycles. The number of hydrogen-bond donors (Lipinski definition) is 5. The molecular weight excluding hydrogens is 480 g/mol. The molecule has 0 bridgehead atoms. The van der Waals surface area contributed by atoms with E-state index < -0.39 is 36.7 Å². The zero-order valence-electron chi connectivity index (χ0n) is 21.8. The summed E-state index contributed by atoms with van der Waals surface area (Å²) in [5.41, 5.74) is 6.41. The molecule has 206 valence electrons. The van der Waals surface area contributed by atoms with Crippen LogP contribution in [0.5, 0.6) is 0 Å². The van der Waals surface area contributed by atoms with Crippen LogP contribution in [0.2, 0.25) is 0 Å². The third-order valence-electron chi connectivity index (χ3n) is 7.22. The van der Waals surface area contributed by atoms with Crippen molar-refractivity contribution in [1.29, 1.82) is 0 Å². The van der Waals surface area contributed by atoms with Gasteiger partial charge in [0.25, 0.3) is 0 Å². The first-order valence-electron chi connectivity index (χ1n) is 13.1. The Kier molecular flexibility index (Phi) is 8.52. The van der Waals surface area contributed by atoms with Crippen LogP contribution in [0.1, 0.15) is 71.9 Å².